The van der Waals surface area contributed by atoms with Gasteiger partial charge in [-0.15, -0.1) is 0 Å². The number of anilines is 1. The van der Waals surface area contributed by atoms with Crippen molar-refractivity contribution in [2.24, 2.45) is 0 Å². The molecule has 0 aliphatic carbocycles. The lowest BCUT2D eigenvalue weighted by Gasteiger charge is -2.27. The van der Waals surface area contributed by atoms with Gasteiger partial charge in [-0.1, -0.05) is 47.6 Å². The number of aromatic hydroxyl groups is 1. The fraction of sp³-hybridized carbons (Fsp3) is 0.632. The summed E-state index contributed by atoms with van der Waals surface area (Å²) < 4.78 is 0. The molecule has 4 nitrogen and oxygen atoms in total. The highest BCUT2D eigenvalue weighted by molar-refractivity contribution is 5.96. The Hall–Kier alpha value is -1.55. The smallest absolute Gasteiger partial charge is 0.241 e. The molecule has 1 saturated heterocycles. The molecule has 0 aromatic heterocycles. The lowest BCUT2D eigenvalue weighted by atomic mass is 9.79. The van der Waals surface area contributed by atoms with Crippen molar-refractivity contribution in [2.45, 2.75) is 71.3 Å². The van der Waals surface area contributed by atoms with Crippen molar-refractivity contribution in [1.29, 1.82) is 0 Å². The zero-order chi connectivity index (χ0) is 17.4. The van der Waals surface area contributed by atoms with E-state index in [1.165, 1.54) is 0 Å². The number of benzene rings is 1. The number of carbonyl (C=O) groups is 1. The van der Waals surface area contributed by atoms with Crippen molar-refractivity contribution in [3.05, 3.63) is 23.3 Å². The van der Waals surface area contributed by atoms with Crippen molar-refractivity contribution in [3.8, 4) is 5.75 Å². The SMILES string of the molecule is CC(C)(C)c1cc(NC(=O)[C@@H]2CCCN2)c(O)c(C(C)(C)C)c1. The number of amides is 1. The third kappa shape index (κ3) is 4.05. The number of hydrogen-bond donors (Lipinski definition) is 3. The van der Waals surface area contributed by atoms with E-state index in [-0.39, 0.29) is 28.5 Å². The van der Waals surface area contributed by atoms with Crippen LogP contribution in [0.25, 0.3) is 0 Å². The maximum absolute atomic E-state index is 12.4. The summed E-state index contributed by atoms with van der Waals surface area (Å²) in [6.45, 7) is 13.5. The molecule has 2 rings (SSSR count). The number of hydrogen-bond acceptors (Lipinski definition) is 3. The van der Waals surface area contributed by atoms with Crippen LogP contribution >= 0.6 is 0 Å². The van der Waals surface area contributed by atoms with Crippen molar-refractivity contribution in [1.82, 2.24) is 5.32 Å². The molecule has 3 N–H and O–H groups in total. The van der Waals surface area contributed by atoms with Gasteiger partial charge in [0, 0.05) is 5.56 Å². The quantitative estimate of drug-likeness (QED) is 0.729. The van der Waals surface area contributed by atoms with E-state index in [1.807, 2.05) is 6.07 Å². The summed E-state index contributed by atoms with van der Waals surface area (Å²) in [7, 11) is 0. The molecule has 128 valence electrons. The summed E-state index contributed by atoms with van der Waals surface area (Å²) >= 11 is 0. The fourth-order valence-electron chi connectivity index (χ4n) is 2.86. The van der Waals surface area contributed by atoms with Crippen LogP contribution in [0.3, 0.4) is 0 Å². The van der Waals surface area contributed by atoms with Crippen LogP contribution < -0.4 is 10.6 Å². The van der Waals surface area contributed by atoms with Gasteiger partial charge in [-0.25, -0.2) is 0 Å². The van der Waals surface area contributed by atoms with Gasteiger partial charge in [0.15, 0.2) is 0 Å². The third-order valence-corrected chi connectivity index (χ3v) is 4.42. The normalized spacial score (nSPS) is 19.0. The van der Waals surface area contributed by atoms with Gasteiger partial charge in [-0.2, -0.15) is 0 Å². The van der Waals surface area contributed by atoms with E-state index in [4.69, 9.17) is 0 Å². The second-order valence-corrected chi connectivity index (χ2v) is 8.56. The van der Waals surface area contributed by atoms with Gasteiger partial charge in [0.1, 0.15) is 5.75 Å². The molecule has 1 aromatic carbocycles. The Morgan fingerprint density at radius 2 is 1.83 bits per heavy atom. The number of carbonyl (C=O) groups excluding carboxylic acids is 1. The van der Waals surface area contributed by atoms with Crippen LogP contribution in [0, 0.1) is 0 Å². The second-order valence-electron chi connectivity index (χ2n) is 8.56. The number of phenols is 1. The first-order valence-corrected chi connectivity index (χ1v) is 8.42. The highest BCUT2D eigenvalue weighted by Crippen LogP contribution is 2.40. The predicted octanol–water partition coefficient (Wildman–Crippen LogP) is 3.68. The molecule has 0 radical (unpaired) electrons. The van der Waals surface area contributed by atoms with Crippen LogP contribution in [0.4, 0.5) is 5.69 Å². The molecular formula is C19H30N2O2. The van der Waals surface area contributed by atoms with Crippen LogP contribution in [-0.2, 0) is 15.6 Å². The molecule has 1 aromatic rings. The van der Waals surface area contributed by atoms with Gasteiger partial charge in [-0.3, -0.25) is 4.79 Å². The molecule has 1 aliphatic heterocycles. The first-order chi connectivity index (χ1) is 10.5. The van der Waals surface area contributed by atoms with E-state index < -0.39 is 0 Å². The average molecular weight is 318 g/mol. The summed E-state index contributed by atoms with van der Waals surface area (Å²) in [6.07, 6.45) is 1.86. The summed E-state index contributed by atoms with van der Waals surface area (Å²) in [5, 5.41) is 16.8. The van der Waals surface area contributed by atoms with Crippen LogP contribution in [0.15, 0.2) is 12.1 Å². The molecule has 1 amide bonds. The van der Waals surface area contributed by atoms with Crippen LogP contribution in [-0.4, -0.2) is 23.6 Å². The molecule has 1 aliphatic rings. The van der Waals surface area contributed by atoms with Crippen LogP contribution in [0.5, 0.6) is 5.75 Å². The summed E-state index contributed by atoms with van der Waals surface area (Å²) in [4.78, 5) is 12.4. The minimum atomic E-state index is -0.198. The molecule has 1 fully saturated rings. The highest BCUT2D eigenvalue weighted by atomic mass is 16.3. The van der Waals surface area contributed by atoms with Crippen molar-refractivity contribution in [3.63, 3.8) is 0 Å². The number of phenolic OH excluding ortho intramolecular Hbond substituents is 1. The Morgan fingerprint density at radius 3 is 2.30 bits per heavy atom. The summed E-state index contributed by atoms with van der Waals surface area (Å²) in [5.41, 5.74) is 2.23. The Labute approximate surface area is 139 Å². The molecule has 23 heavy (non-hydrogen) atoms. The van der Waals surface area contributed by atoms with E-state index in [1.54, 1.807) is 0 Å². The Kier molecular flexibility index (Phi) is 4.76. The summed E-state index contributed by atoms with van der Waals surface area (Å²) in [6, 6.07) is 3.79. The Morgan fingerprint density at radius 1 is 1.17 bits per heavy atom. The maximum Gasteiger partial charge on any atom is 0.241 e. The average Bonchev–Trinajstić information content (AvgIpc) is 2.92. The van der Waals surface area contributed by atoms with E-state index in [9.17, 15) is 9.90 Å². The number of rotatable bonds is 2. The molecular weight excluding hydrogens is 288 g/mol. The van der Waals surface area contributed by atoms with Gasteiger partial charge in [0.2, 0.25) is 5.91 Å². The number of nitrogens with one attached hydrogen (secondary N) is 2. The maximum atomic E-state index is 12.4. The molecule has 0 spiro atoms. The van der Waals surface area contributed by atoms with Crippen molar-refractivity contribution < 1.29 is 9.90 Å². The third-order valence-electron chi connectivity index (χ3n) is 4.42. The Bertz CT molecular complexity index is 589. The first kappa shape index (κ1) is 17.8. The molecule has 1 atom stereocenters. The van der Waals surface area contributed by atoms with Gasteiger partial charge in [-0.05, 0) is 41.8 Å². The van der Waals surface area contributed by atoms with Gasteiger partial charge >= 0.3 is 0 Å². The second kappa shape index (κ2) is 6.16. The minimum absolute atomic E-state index is 0.0568. The fourth-order valence-corrected chi connectivity index (χ4v) is 2.86. The highest BCUT2D eigenvalue weighted by Gasteiger charge is 2.27. The van der Waals surface area contributed by atoms with Gasteiger partial charge in [0.05, 0.1) is 11.7 Å². The van der Waals surface area contributed by atoms with Crippen molar-refractivity contribution >= 4 is 11.6 Å². The largest absolute Gasteiger partial charge is 0.505 e. The molecule has 0 unspecified atom stereocenters. The van der Waals surface area contributed by atoms with E-state index >= 15 is 0 Å². The lowest BCUT2D eigenvalue weighted by molar-refractivity contribution is -0.117. The molecule has 0 saturated carbocycles. The lowest BCUT2D eigenvalue weighted by Crippen LogP contribution is -2.35. The zero-order valence-electron chi connectivity index (χ0n) is 15.2. The monoisotopic (exact) mass is 318 g/mol. The van der Waals surface area contributed by atoms with Crippen LogP contribution in [0.2, 0.25) is 0 Å². The standard InChI is InChI=1S/C19H30N2O2/c1-18(2,3)12-10-13(19(4,5)6)16(22)15(11-12)21-17(23)14-8-7-9-20-14/h10-11,14,20,22H,7-9H2,1-6H3,(H,21,23)/t14-/m0/s1. The molecule has 0 bridgehead atoms. The van der Waals surface area contributed by atoms with E-state index in [0.717, 1.165) is 30.5 Å². The van der Waals surface area contributed by atoms with E-state index in [0.29, 0.717) is 5.69 Å². The predicted molar refractivity (Wildman–Crippen MR) is 95.2 cm³/mol. The van der Waals surface area contributed by atoms with E-state index in [2.05, 4.69) is 58.2 Å². The minimum Gasteiger partial charge on any atom is -0.505 e. The first-order valence-electron chi connectivity index (χ1n) is 8.42. The van der Waals surface area contributed by atoms with Crippen molar-refractivity contribution in [2.75, 3.05) is 11.9 Å². The zero-order valence-corrected chi connectivity index (χ0v) is 15.2. The molecule has 4 heteroatoms. The van der Waals surface area contributed by atoms with Crippen LogP contribution in [0.1, 0.15) is 65.5 Å². The topological polar surface area (TPSA) is 61.4 Å². The van der Waals surface area contributed by atoms with Gasteiger partial charge < -0.3 is 15.7 Å². The molecule has 1 heterocycles. The van der Waals surface area contributed by atoms with Gasteiger partial charge in [0.25, 0.3) is 0 Å². The Balaban J connectivity index is 2.42. The summed E-state index contributed by atoms with van der Waals surface area (Å²) in [5.74, 6) is 0.112.